The van der Waals surface area contributed by atoms with E-state index in [1.807, 2.05) is 0 Å². The maximum Gasteiger partial charge on any atom is -0.0363 e. The second kappa shape index (κ2) is 5.37. The molecule has 0 heterocycles. The van der Waals surface area contributed by atoms with Crippen LogP contribution in [-0.4, -0.2) is 0 Å². The Kier molecular flexibility index (Phi) is 4.11. The summed E-state index contributed by atoms with van der Waals surface area (Å²) in [6.07, 6.45) is 13.6. The van der Waals surface area contributed by atoms with Gasteiger partial charge in [0.05, 0.1) is 0 Å². The van der Waals surface area contributed by atoms with Crippen LogP contribution in [0.5, 0.6) is 0 Å². The molecule has 0 heteroatoms. The third-order valence-corrected chi connectivity index (χ3v) is 4.86. The van der Waals surface area contributed by atoms with E-state index < -0.39 is 0 Å². The van der Waals surface area contributed by atoms with E-state index in [2.05, 4.69) is 13.8 Å². The Labute approximate surface area is 95.8 Å². The number of rotatable bonds is 5. The van der Waals surface area contributed by atoms with Gasteiger partial charge in [-0.1, -0.05) is 65.2 Å². The lowest BCUT2D eigenvalue weighted by Gasteiger charge is -2.34. The lowest BCUT2D eigenvalue weighted by Crippen LogP contribution is -2.23. The fourth-order valence-electron chi connectivity index (χ4n) is 3.82. The molecule has 2 aliphatic carbocycles. The van der Waals surface area contributed by atoms with Crippen LogP contribution in [0, 0.1) is 23.7 Å². The zero-order valence-electron chi connectivity index (χ0n) is 10.7. The third-order valence-electron chi connectivity index (χ3n) is 4.86. The van der Waals surface area contributed by atoms with Gasteiger partial charge in [0.1, 0.15) is 0 Å². The first-order chi connectivity index (χ1) is 7.31. The molecule has 88 valence electrons. The fourth-order valence-corrected chi connectivity index (χ4v) is 3.82. The van der Waals surface area contributed by atoms with Crippen LogP contribution in [0.25, 0.3) is 0 Å². The average Bonchev–Trinajstić information content (AvgIpc) is 3.04. The first-order valence-corrected chi connectivity index (χ1v) is 7.31. The first-order valence-electron chi connectivity index (χ1n) is 7.31. The molecule has 2 atom stereocenters. The highest BCUT2D eigenvalue weighted by Gasteiger charge is 2.31. The van der Waals surface area contributed by atoms with Crippen LogP contribution in [0.3, 0.4) is 0 Å². The van der Waals surface area contributed by atoms with Gasteiger partial charge in [0.2, 0.25) is 0 Å². The smallest absolute Gasteiger partial charge is 0.0363 e. The predicted octanol–water partition coefficient (Wildman–Crippen LogP) is 5.03. The fraction of sp³-hybridized carbons (Fsp3) is 1.00. The molecule has 0 bridgehead atoms. The molecule has 0 aromatic heterocycles. The van der Waals surface area contributed by atoms with Gasteiger partial charge in [-0.3, -0.25) is 0 Å². The summed E-state index contributed by atoms with van der Waals surface area (Å²) in [5.74, 6) is 4.26. The molecule has 2 saturated carbocycles. The van der Waals surface area contributed by atoms with Gasteiger partial charge in [-0.2, -0.15) is 0 Å². The molecule has 0 spiro atoms. The van der Waals surface area contributed by atoms with Crippen molar-refractivity contribution in [3.63, 3.8) is 0 Å². The molecule has 0 aliphatic heterocycles. The summed E-state index contributed by atoms with van der Waals surface area (Å²) in [5, 5.41) is 0. The molecule has 0 radical (unpaired) electrons. The third kappa shape index (κ3) is 3.23. The highest BCUT2D eigenvalue weighted by Crippen LogP contribution is 2.42. The predicted molar refractivity (Wildman–Crippen MR) is 66.9 cm³/mol. The second-order valence-corrected chi connectivity index (χ2v) is 6.13. The largest absolute Gasteiger partial charge is 0.0651 e. The molecule has 0 saturated heterocycles. The minimum Gasteiger partial charge on any atom is -0.0651 e. The van der Waals surface area contributed by atoms with E-state index in [0.29, 0.717) is 0 Å². The summed E-state index contributed by atoms with van der Waals surface area (Å²) >= 11 is 0. The molecule has 0 aromatic carbocycles. The molecule has 0 aromatic rings. The van der Waals surface area contributed by atoms with Gasteiger partial charge < -0.3 is 0 Å². The molecule has 0 N–H and O–H groups in total. The summed E-state index contributed by atoms with van der Waals surface area (Å²) in [4.78, 5) is 0. The van der Waals surface area contributed by atoms with Gasteiger partial charge >= 0.3 is 0 Å². The van der Waals surface area contributed by atoms with Crippen LogP contribution in [0.4, 0.5) is 0 Å². The van der Waals surface area contributed by atoms with Crippen LogP contribution in [-0.2, 0) is 0 Å². The van der Waals surface area contributed by atoms with E-state index in [9.17, 15) is 0 Å². The van der Waals surface area contributed by atoms with Crippen molar-refractivity contribution in [2.45, 2.75) is 71.6 Å². The van der Waals surface area contributed by atoms with E-state index in [1.165, 1.54) is 57.8 Å². The van der Waals surface area contributed by atoms with Crippen molar-refractivity contribution in [2.24, 2.45) is 23.7 Å². The molecule has 2 aliphatic rings. The summed E-state index contributed by atoms with van der Waals surface area (Å²) in [6, 6.07) is 0. The highest BCUT2D eigenvalue weighted by molar-refractivity contribution is 4.82. The Morgan fingerprint density at radius 2 is 1.67 bits per heavy atom. The zero-order valence-corrected chi connectivity index (χ0v) is 10.7. The first kappa shape index (κ1) is 11.5. The summed E-state index contributed by atoms with van der Waals surface area (Å²) in [6.45, 7) is 4.95. The van der Waals surface area contributed by atoms with Crippen molar-refractivity contribution in [1.82, 2.24) is 0 Å². The topological polar surface area (TPSA) is 0 Å². The standard InChI is InChI=1S/C15H28/c1-3-15(12(2)11-13-9-10-13)14-7-5-4-6-8-14/h12-15H,3-11H2,1-2H3/t12-,15-/m1/s1. The normalized spacial score (nSPS) is 27.6. The second-order valence-electron chi connectivity index (χ2n) is 6.13. The average molecular weight is 208 g/mol. The van der Waals surface area contributed by atoms with Crippen molar-refractivity contribution < 1.29 is 0 Å². The molecule has 2 rings (SSSR count). The molecular weight excluding hydrogens is 180 g/mol. The maximum absolute atomic E-state index is 2.53. The summed E-state index contributed by atoms with van der Waals surface area (Å²) < 4.78 is 0. The van der Waals surface area contributed by atoms with Crippen LogP contribution in [0.1, 0.15) is 71.6 Å². The summed E-state index contributed by atoms with van der Waals surface area (Å²) in [5.41, 5.74) is 0. The van der Waals surface area contributed by atoms with E-state index >= 15 is 0 Å². The Balaban J connectivity index is 1.82. The van der Waals surface area contributed by atoms with Crippen molar-refractivity contribution >= 4 is 0 Å². The molecule has 15 heavy (non-hydrogen) atoms. The molecule has 0 nitrogen and oxygen atoms in total. The quantitative estimate of drug-likeness (QED) is 0.594. The number of hydrogen-bond donors (Lipinski definition) is 0. The van der Waals surface area contributed by atoms with Gasteiger partial charge in [0.25, 0.3) is 0 Å². The van der Waals surface area contributed by atoms with Crippen LogP contribution >= 0.6 is 0 Å². The Bertz CT molecular complexity index is 174. The lowest BCUT2D eigenvalue weighted by molar-refractivity contribution is 0.170. The Morgan fingerprint density at radius 3 is 2.20 bits per heavy atom. The summed E-state index contributed by atoms with van der Waals surface area (Å²) in [7, 11) is 0. The van der Waals surface area contributed by atoms with Crippen molar-refractivity contribution in [1.29, 1.82) is 0 Å². The molecule has 2 fully saturated rings. The van der Waals surface area contributed by atoms with Gasteiger partial charge in [-0.15, -0.1) is 0 Å². The number of hydrogen-bond acceptors (Lipinski definition) is 0. The highest BCUT2D eigenvalue weighted by atomic mass is 14.4. The molecule has 0 unspecified atom stereocenters. The molecular formula is C15H28. The van der Waals surface area contributed by atoms with Crippen LogP contribution in [0.2, 0.25) is 0 Å². The minimum atomic E-state index is 1.01. The Morgan fingerprint density at radius 1 is 1.00 bits per heavy atom. The van der Waals surface area contributed by atoms with E-state index in [1.54, 1.807) is 0 Å². The molecule has 0 amide bonds. The van der Waals surface area contributed by atoms with E-state index in [-0.39, 0.29) is 0 Å². The van der Waals surface area contributed by atoms with Gasteiger partial charge in [0, 0.05) is 0 Å². The minimum absolute atomic E-state index is 1.01. The van der Waals surface area contributed by atoms with Crippen molar-refractivity contribution in [2.75, 3.05) is 0 Å². The SMILES string of the molecule is CC[C@@H](C1CCCCC1)[C@H](C)CC1CC1. The van der Waals surface area contributed by atoms with Gasteiger partial charge in [0.15, 0.2) is 0 Å². The lowest BCUT2D eigenvalue weighted by atomic mass is 9.72. The monoisotopic (exact) mass is 208 g/mol. The van der Waals surface area contributed by atoms with Gasteiger partial charge in [-0.25, -0.2) is 0 Å². The van der Waals surface area contributed by atoms with Crippen molar-refractivity contribution in [3.8, 4) is 0 Å². The van der Waals surface area contributed by atoms with Crippen molar-refractivity contribution in [3.05, 3.63) is 0 Å². The maximum atomic E-state index is 2.53. The van der Waals surface area contributed by atoms with Crippen LogP contribution < -0.4 is 0 Å². The van der Waals surface area contributed by atoms with Crippen LogP contribution in [0.15, 0.2) is 0 Å². The van der Waals surface area contributed by atoms with E-state index in [4.69, 9.17) is 0 Å². The van der Waals surface area contributed by atoms with E-state index in [0.717, 1.165) is 23.7 Å². The Hall–Kier alpha value is 0. The van der Waals surface area contributed by atoms with Gasteiger partial charge in [-0.05, 0) is 30.1 Å². The zero-order chi connectivity index (χ0) is 10.7.